The van der Waals surface area contributed by atoms with Gasteiger partial charge in [-0.2, -0.15) is 0 Å². The van der Waals surface area contributed by atoms with Crippen LogP contribution in [0.5, 0.6) is 0 Å². The summed E-state index contributed by atoms with van der Waals surface area (Å²) in [6, 6.07) is 2.15. The lowest BCUT2D eigenvalue weighted by molar-refractivity contribution is 0.578. The minimum atomic E-state index is -0.607. The third kappa shape index (κ3) is 3.34. The molecule has 0 aliphatic heterocycles. The summed E-state index contributed by atoms with van der Waals surface area (Å²) in [6.07, 6.45) is 1.59. The Morgan fingerprint density at radius 3 is 2.21 bits per heavy atom. The van der Waals surface area contributed by atoms with Gasteiger partial charge in [0.1, 0.15) is 11.6 Å². The number of benzene rings is 1. The molecule has 0 aliphatic rings. The number of nitrogens with zero attached hydrogens (tertiary/aromatic N) is 2. The van der Waals surface area contributed by atoms with Crippen molar-refractivity contribution < 1.29 is 8.78 Å². The molecule has 0 unspecified atom stereocenters. The predicted octanol–water partition coefficient (Wildman–Crippen LogP) is 4.37. The van der Waals surface area contributed by atoms with Crippen LogP contribution >= 0.6 is 0 Å². The molecule has 0 atom stereocenters. The van der Waals surface area contributed by atoms with E-state index in [1.807, 2.05) is 20.8 Å². The van der Waals surface area contributed by atoms with Crippen molar-refractivity contribution in [3.05, 3.63) is 46.9 Å². The molecule has 2 rings (SSSR count). The predicted molar refractivity (Wildman–Crippen MR) is 72.9 cm³/mol. The van der Waals surface area contributed by atoms with Gasteiger partial charge in [-0.1, -0.05) is 13.8 Å². The van der Waals surface area contributed by atoms with Crippen molar-refractivity contribution in [3.8, 4) is 11.3 Å². The summed E-state index contributed by atoms with van der Waals surface area (Å²) in [7, 11) is 0. The fraction of sp³-hybridized carbons (Fsp3) is 0.333. The van der Waals surface area contributed by atoms with E-state index in [-0.39, 0.29) is 0 Å². The molecule has 0 bridgehead atoms. The van der Waals surface area contributed by atoms with E-state index in [9.17, 15) is 8.78 Å². The summed E-state index contributed by atoms with van der Waals surface area (Å²) in [4.78, 5) is 8.44. The highest BCUT2D eigenvalue weighted by Crippen LogP contribution is 2.26. The van der Waals surface area contributed by atoms with E-state index in [1.165, 1.54) is 6.07 Å². The van der Waals surface area contributed by atoms with Gasteiger partial charge in [0.25, 0.3) is 0 Å². The van der Waals surface area contributed by atoms with Crippen molar-refractivity contribution in [1.29, 1.82) is 0 Å². The second-order valence-electron chi connectivity index (χ2n) is 4.01. The summed E-state index contributed by atoms with van der Waals surface area (Å²) in [6.45, 7) is 9.20. The van der Waals surface area contributed by atoms with Crippen LogP contribution in [0.15, 0.2) is 18.3 Å². The molecule has 0 saturated heterocycles. The van der Waals surface area contributed by atoms with Crippen molar-refractivity contribution in [2.24, 2.45) is 0 Å². The lowest BCUT2D eigenvalue weighted by atomic mass is 10.0. The van der Waals surface area contributed by atoms with Gasteiger partial charge in [-0.15, -0.1) is 0 Å². The van der Waals surface area contributed by atoms with E-state index in [1.54, 1.807) is 20.0 Å². The van der Waals surface area contributed by atoms with E-state index in [2.05, 4.69) is 9.97 Å². The van der Waals surface area contributed by atoms with Gasteiger partial charge in [0.2, 0.25) is 0 Å². The van der Waals surface area contributed by atoms with Crippen molar-refractivity contribution >= 4 is 0 Å². The van der Waals surface area contributed by atoms with Crippen LogP contribution in [0.1, 0.15) is 30.8 Å². The number of aryl methyl sites for hydroxylation is 2. The Morgan fingerprint density at radius 1 is 1.00 bits per heavy atom. The molecule has 0 saturated carbocycles. The zero-order valence-electron chi connectivity index (χ0n) is 11.9. The van der Waals surface area contributed by atoms with Crippen LogP contribution in [0.3, 0.4) is 0 Å². The lowest BCUT2D eigenvalue weighted by Crippen LogP contribution is -1.98. The molecule has 0 fully saturated rings. The molecule has 0 N–H and O–H groups in total. The highest BCUT2D eigenvalue weighted by molar-refractivity contribution is 5.65. The fourth-order valence-corrected chi connectivity index (χ4v) is 1.75. The summed E-state index contributed by atoms with van der Waals surface area (Å²) in [5.74, 6) is -1.17. The van der Waals surface area contributed by atoms with Gasteiger partial charge in [-0.05, 0) is 32.4 Å². The van der Waals surface area contributed by atoms with Crippen LogP contribution in [0.2, 0.25) is 0 Å². The normalized spacial score (nSPS) is 9.84. The summed E-state index contributed by atoms with van der Waals surface area (Å²) < 4.78 is 26.7. The molecule has 4 heteroatoms. The SMILES string of the molecule is CC.Cc1cnc(-c2cc(F)cc(F)c2C)c(C)n1. The van der Waals surface area contributed by atoms with Crippen LogP contribution in [0.4, 0.5) is 8.78 Å². The van der Waals surface area contributed by atoms with Crippen molar-refractivity contribution in [2.45, 2.75) is 34.6 Å². The fourth-order valence-electron chi connectivity index (χ4n) is 1.75. The zero-order chi connectivity index (χ0) is 14.6. The second-order valence-corrected chi connectivity index (χ2v) is 4.01. The quantitative estimate of drug-likeness (QED) is 0.764. The molecule has 0 amide bonds. The van der Waals surface area contributed by atoms with E-state index in [0.29, 0.717) is 22.5 Å². The highest BCUT2D eigenvalue weighted by atomic mass is 19.1. The first kappa shape index (κ1) is 15.2. The van der Waals surface area contributed by atoms with Crippen LogP contribution < -0.4 is 0 Å². The molecule has 0 aliphatic carbocycles. The smallest absolute Gasteiger partial charge is 0.129 e. The Hall–Kier alpha value is -1.84. The first-order valence-corrected chi connectivity index (χ1v) is 6.25. The second kappa shape index (κ2) is 6.36. The van der Waals surface area contributed by atoms with Crippen LogP contribution in [-0.2, 0) is 0 Å². The van der Waals surface area contributed by atoms with Gasteiger partial charge in [-0.25, -0.2) is 8.78 Å². The van der Waals surface area contributed by atoms with Crippen molar-refractivity contribution in [2.75, 3.05) is 0 Å². The van der Waals surface area contributed by atoms with E-state index in [4.69, 9.17) is 0 Å². The maximum Gasteiger partial charge on any atom is 0.129 e. The van der Waals surface area contributed by atoms with E-state index >= 15 is 0 Å². The molecular formula is C15H18F2N2. The first-order valence-electron chi connectivity index (χ1n) is 6.25. The maximum atomic E-state index is 13.4. The van der Waals surface area contributed by atoms with Gasteiger partial charge in [0, 0.05) is 17.8 Å². The molecule has 1 aromatic carbocycles. The number of rotatable bonds is 1. The Bertz CT molecular complexity index is 581. The molecule has 2 aromatic rings. The largest absolute Gasteiger partial charge is 0.255 e. The Kier molecular flexibility index (Phi) is 5.10. The van der Waals surface area contributed by atoms with Crippen LogP contribution in [0.25, 0.3) is 11.3 Å². The molecule has 102 valence electrons. The molecule has 0 spiro atoms. The van der Waals surface area contributed by atoms with E-state index < -0.39 is 11.6 Å². The van der Waals surface area contributed by atoms with Crippen LogP contribution in [0, 0.1) is 32.4 Å². The number of halogens is 2. The summed E-state index contributed by atoms with van der Waals surface area (Å²) in [5.41, 5.74) is 2.80. The van der Waals surface area contributed by atoms with Crippen LogP contribution in [-0.4, -0.2) is 9.97 Å². The molecule has 1 heterocycles. The maximum absolute atomic E-state index is 13.4. The molecular weight excluding hydrogens is 246 g/mol. The monoisotopic (exact) mass is 264 g/mol. The van der Waals surface area contributed by atoms with Crippen molar-refractivity contribution in [3.63, 3.8) is 0 Å². The summed E-state index contributed by atoms with van der Waals surface area (Å²) in [5, 5.41) is 0. The third-order valence-electron chi connectivity index (χ3n) is 2.63. The van der Waals surface area contributed by atoms with Crippen molar-refractivity contribution in [1.82, 2.24) is 9.97 Å². The zero-order valence-corrected chi connectivity index (χ0v) is 11.9. The van der Waals surface area contributed by atoms with Gasteiger partial charge < -0.3 is 0 Å². The van der Waals surface area contributed by atoms with Gasteiger partial charge in [0.05, 0.1) is 17.1 Å². The van der Waals surface area contributed by atoms with Gasteiger partial charge in [0.15, 0.2) is 0 Å². The molecule has 2 nitrogen and oxygen atoms in total. The Morgan fingerprint density at radius 2 is 1.63 bits per heavy atom. The van der Waals surface area contributed by atoms with Gasteiger partial charge in [-0.3, -0.25) is 9.97 Å². The topological polar surface area (TPSA) is 25.8 Å². The van der Waals surface area contributed by atoms with E-state index in [0.717, 1.165) is 11.8 Å². The molecule has 0 radical (unpaired) electrons. The number of aromatic nitrogens is 2. The number of hydrogen-bond donors (Lipinski definition) is 0. The lowest BCUT2D eigenvalue weighted by Gasteiger charge is -2.09. The standard InChI is InChI=1S/C13H12F2N2.C2H6/c1-7-6-16-13(9(3)17-7)11-4-10(14)5-12(15)8(11)2;1-2/h4-6H,1-3H3;1-2H3. The minimum absolute atomic E-state index is 0.382. The average molecular weight is 264 g/mol. The summed E-state index contributed by atoms with van der Waals surface area (Å²) >= 11 is 0. The number of hydrogen-bond acceptors (Lipinski definition) is 2. The first-order chi connectivity index (χ1) is 8.99. The minimum Gasteiger partial charge on any atom is -0.255 e. The Balaban J connectivity index is 0.000000861. The average Bonchev–Trinajstić information content (AvgIpc) is 2.37. The molecule has 1 aromatic heterocycles. The molecule has 19 heavy (non-hydrogen) atoms. The Labute approximate surface area is 112 Å². The van der Waals surface area contributed by atoms with Gasteiger partial charge >= 0.3 is 0 Å². The third-order valence-corrected chi connectivity index (χ3v) is 2.63. The highest BCUT2D eigenvalue weighted by Gasteiger charge is 2.13.